The van der Waals surface area contributed by atoms with Crippen LogP contribution in [0, 0.1) is 0 Å². The minimum Gasteiger partial charge on any atom is -0.375 e. The summed E-state index contributed by atoms with van der Waals surface area (Å²) in [5.41, 5.74) is 6.94. The van der Waals surface area contributed by atoms with E-state index >= 15 is 0 Å². The van der Waals surface area contributed by atoms with Crippen LogP contribution < -0.4 is 5.73 Å². The summed E-state index contributed by atoms with van der Waals surface area (Å²) in [6.07, 6.45) is 0.204. The number of nitrogens with two attached hydrogens (primary N) is 1. The number of guanidine groups is 1. The molecule has 2 unspecified atom stereocenters. The molecule has 0 aromatic heterocycles. The SMILES string of the molecule is CC1CN(C(N)=Nc2ccccc2)C(C)CO1. The number of benzene rings is 1. The Morgan fingerprint density at radius 1 is 1.35 bits per heavy atom. The first-order valence-corrected chi connectivity index (χ1v) is 5.94. The Bertz CT molecular complexity index is 391. The van der Waals surface area contributed by atoms with Crippen molar-refractivity contribution >= 4 is 11.6 Å². The molecule has 1 aliphatic heterocycles. The highest BCUT2D eigenvalue weighted by Crippen LogP contribution is 2.14. The first kappa shape index (κ1) is 11.9. The maximum Gasteiger partial charge on any atom is 0.196 e. The summed E-state index contributed by atoms with van der Waals surface area (Å²) < 4.78 is 5.57. The van der Waals surface area contributed by atoms with Crippen molar-refractivity contribution in [3.05, 3.63) is 30.3 Å². The van der Waals surface area contributed by atoms with Gasteiger partial charge >= 0.3 is 0 Å². The molecule has 1 aromatic carbocycles. The zero-order valence-corrected chi connectivity index (χ0v) is 10.3. The van der Waals surface area contributed by atoms with Crippen LogP contribution in [0.5, 0.6) is 0 Å². The lowest BCUT2D eigenvalue weighted by atomic mass is 10.2. The molecule has 0 spiro atoms. The summed E-state index contributed by atoms with van der Waals surface area (Å²) in [6.45, 7) is 5.64. The monoisotopic (exact) mass is 233 g/mol. The average molecular weight is 233 g/mol. The Kier molecular flexibility index (Phi) is 3.64. The van der Waals surface area contributed by atoms with Crippen LogP contribution in [0.2, 0.25) is 0 Å². The van der Waals surface area contributed by atoms with Gasteiger partial charge < -0.3 is 15.4 Å². The van der Waals surface area contributed by atoms with Gasteiger partial charge in [0.15, 0.2) is 5.96 Å². The number of ether oxygens (including phenoxy) is 1. The van der Waals surface area contributed by atoms with Crippen molar-refractivity contribution in [1.82, 2.24) is 4.90 Å². The number of rotatable bonds is 1. The fourth-order valence-electron chi connectivity index (χ4n) is 1.92. The van der Waals surface area contributed by atoms with Crippen LogP contribution in [0.25, 0.3) is 0 Å². The molecule has 2 N–H and O–H groups in total. The summed E-state index contributed by atoms with van der Waals surface area (Å²) in [5, 5.41) is 0. The molecule has 4 heteroatoms. The number of morpholine rings is 1. The van der Waals surface area contributed by atoms with Gasteiger partial charge in [0.2, 0.25) is 0 Å². The number of aliphatic imine (C=N–C) groups is 1. The van der Waals surface area contributed by atoms with Crippen molar-refractivity contribution in [2.75, 3.05) is 13.2 Å². The maximum absolute atomic E-state index is 6.05. The Balaban J connectivity index is 2.13. The zero-order valence-electron chi connectivity index (χ0n) is 10.3. The van der Waals surface area contributed by atoms with Gasteiger partial charge in [0.05, 0.1) is 24.4 Å². The van der Waals surface area contributed by atoms with E-state index in [-0.39, 0.29) is 12.1 Å². The van der Waals surface area contributed by atoms with Gasteiger partial charge in [-0.05, 0) is 26.0 Å². The summed E-state index contributed by atoms with van der Waals surface area (Å²) >= 11 is 0. The average Bonchev–Trinajstić information content (AvgIpc) is 2.33. The summed E-state index contributed by atoms with van der Waals surface area (Å²) in [7, 11) is 0. The summed E-state index contributed by atoms with van der Waals surface area (Å²) in [4.78, 5) is 6.53. The number of para-hydroxylation sites is 1. The van der Waals surface area contributed by atoms with Crippen LogP contribution in [0.1, 0.15) is 13.8 Å². The third-order valence-electron chi connectivity index (χ3n) is 2.90. The van der Waals surface area contributed by atoms with Crippen molar-refractivity contribution in [2.24, 2.45) is 10.7 Å². The molecule has 92 valence electrons. The highest BCUT2D eigenvalue weighted by atomic mass is 16.5. The number of hydrogen-bond acceptors (Lipinski definition) is 2. The Morgan fingerprint density at radius 3 is 2.76 bits per heavy atom. The second-order valence-corrected chi connectivity index (χ2v) is 4.45. The minimum absolute atomic E-state index is 0.204. The van der Waals surface area contributed by atoms with Crippen LogP contribution in [-0.2, 0) is 4.74 Å². The molecule has 17 heavy (non-hydrogen) atoms. The molecule has 0 saturated carbocycles. The van der Waals surface area contributed by atoms with E-state index in [4.69, 9.17) is 10.5 Å². The number of hydrogen-bond donors (Lipinski definition) is 1. The van der Waals surface area contributed by atoms with Crippen molar-refractivity contribution < 1.29 is 4.74 Å². The molecule has 1 aliphatic rings. The highest BCUT2D eigenvalue weighted by molar-refractivity contribution is 5.81. The second-order valence-electron chi connectivity index (χ2n) is 4.45. The molecule has 4 nitrogen and oxygen atoms in total. The molecule has 0 bridgehead atoms. The second kappa shape index (κ2) is 5.19. The van der Waals surface area contributed by atoms with Crippen LogP contribution in [0.3, 0.4) is 0 Å². The molecule has 2 rings (SSSR count). The van der Waals surface area contributed by atoms with E-state index in [1.54, 1.807) is 0 Å². The van der Waals surface area contributed by atoms with Crippen molar-refractivity contribution in [3.63, 3.8) is 0 Å². The third-order valence-corrected chi connectivity index (χ3v) is 2.90. The molecule has 1 heterocycles. The van der Waals surface area contributed by atoms with Crippen LogP contribution in [0.4, 0.5) is 5.69 Å². The normalized spacial score (nSPS) is 26.0. The lowest BCUT2D eigenvalue weighted by Crippen LogP contribution is -2.52. The Morgan fingerprint density at radius 2 is 2.06 bits per heavy atom. The van der Waals surface area contributed by atoms with Crippen LogP contribution in [-0.4, -0.2) is 36.2 Å². The Labute approximate surface area is 102 Å². The molecule has 2 atom stereocenters. The lowest BCUT2D eigenvalue weighted by Gasteiger charge is -2.37. The lowest BCUT2D eigenvalue weighted by molar-refractivity contribution is -0.0227. The highest BCUT2D eigenvalue weighted by Gasteiger charge is 2.24. The molecule has 0 amide bonds. The third kappa shape index (κ3) is 2.97. The van der Waals surface area contributed by atoms with Crippen molar-refractivity contribution in [3.8, 4) is 0 Å². The van der Waals surface area contributed by atoms with Gasteiger partial charge in [-0.1, -0.05) is 18.2 Å². The van der Waals surface area contributed by atoms with E-state index in [0.717, 1.165) is 12.2 Å². The van der Waals surface area contributed by atoms with Crippen molar-refractivity contribution in [1.29, 1.82) is 0 Å². The van der Waals surface area contributed by atoms with E-state index in [9.17, 15) is 0 Å². The quantitative estimate of drug-likeness (QED) is 0.594. The number of nitrogens with zero attached hydrogens (tertiary/aromatic N) is 2. The maximum atomic E-state index is 6.05. The van der Waals surface area contributed by atoms with Crippen LogP contribution >= 0.6 is 0 Å². The van der Waals surface area contributed by atoms with Crippen molar-refractivity contribution in [2.45, 2.75) is 26.0 Å². The molecule has 1 fully saturated rings. The predicted molar refractivity (Wildman–Crippen MR) is 69.3 cm³/mol. The Hall–Kier alpha value is -1.55. The first-order chi connectivity index (χ1) is 8.16. The van der Waals surface area contributed by atoms with Gasteiger partial charge in [0, 0.05) is 6.54 Å². The largest absolute Gasteiger partial charge is 0.375 e. The van der Waals surface area contributed by atoms with Gasteiger partial charge in [0.1, 0.15) is 0 Å². The summed E-state index contributed by atoms with van der Waals surface area (Å²) in [5.74, 6) is 0.568. The summed E-state index contributed by atoms with van der Waals surface area (Å²) in [6, 6.07) is 10.0. The molecule has 0 aliphatic carbocycles. The topological polar surface area (TPSA) is 50.8 Å². The minimum atomic E-state index is 0.204. The smallest absolute Gasteiger partial charge is 0.196 e. The molecule has 1 aromatic rings. The zero-order chi connectivity index (χ0) is 12.3. The van der Waals surface area contributed by atoms with E-state index in [2.05, 4.69) is 23.7 Å². The van der Waals surface area contributed by atoms with Gasteiger partial charge in [-0.25, -0.2) is 4.99 Å². The van der Waals surface area contributed by atoms with E-state index in [1.165, 1.54) is 0 Å². The van der Waals surface area contributed by atoms with Gasteiger partial charge in [0.25, 0.3) is 0 Å². The van der Waals surface area contributed by atoms with Gasteiger partial charge in [-0.3, -0.25) is 0 Å². The first-order valence-electron chi connectivity index (χ1n) is 5.94. The molecule has 1 saturated heterocycles. The van der Waals surface area contributed by atoms with E-state index in [0.29, 0.717) is 12.6 Å². The molecular weight excluding hydrogens is 214 g/mol. The fourth-order valence-corrected chi connectivity index (χ4v) is 1.92. The van der Waals surface area contributed by atoms with Crippen LogP contribution in [0.15, 0.2) is 35.3 Å². The standard InChI is InChI=1S/C13H19N3O/c1-10-9-17-11(2)8-16(10)13(14)15-12-6-4-3-5-7-12/h3-7,10-11H,8-9H2,1-2H3,(H2,14,15). The molecular formula is C13H19N3O. The van der Waals surface area contributed by atoms with E-state index in [1.807, 2.05) is 30.3 Å². The predicted octanol–water partition coefficient (Wildman–Crippen LogP) is 1.74. The fraction of sp³-hybridized carbons (Fsp3) is 0.462. The van der Waals surface area contributed by atoms with Gasteiger partial charge in [-0.15, -0.1) is 0 Å². The van der Waals surface area contributed by atoms with E-state index < -0.39 is 0 Å². The van der Waals surface area contributed by atoms with Gasteiger partial charge in [-0.2, -0.15) is 0 Å². The molecule has 0 radical (unpaired) electrons.